The summed E-state index contributed by atoms with van der Waals surface area (Å²) in [4.78, 5) is 26.3. The number of thiophene rings is 1. The molecule has 0 aromatic carbocycles. The van der Waals surface area contributed by atoms with Crippen molar-refractivity contribution in [2.24, 2.45) is 5.73 Å². The lowest BCUT2D eigenvalue weighted by Gasteiger charge is -2.33. The Labute approximate surface area is 129 Å². The van der Waals surface area contributed by atoms with E-state index in [1.165, 1.54) is 10.4 Å². The maximum atomic E-state index is 12.3. The molecule has 116 valence electrons. The van der Waals surface area contributed by atoms with Gasteiger partial charge in [-0.1, -0.05) is 6.42 Å². The molecule has 0 unspecified atom stereocenters. The quantitative estimate of drug-likeness (QED) is 0.792. The van der Waals surface area contributed by atoms with Gasteiger partial charge >= 0.3 is 6.03 Å². The van der Waals surface area contributed by atoms with Crippen molar-refractivity contribution in [2.75, 3.05) is 13.1 Å². The second-order valence-electron chi connectivity index (χ2n) is 5.41. The lowest BCUT2D eigenvalue weighted by molar-refractivity contribution is -0.133. The minimum atomic E-state index is -0.486. The number of hydrogen-bond donors (Lipinski definition) is 2. The van der Waals surface area contributed by atoms with E-state index in [1.54, 1.807) is 11.3 Å². The number of carbonyl (C=O) groups is 2. The molecule has 0 radical (unpaired) electrons. The SMILES string of the molecule is C[C@H]1c2ccsc2CCN1C(=O)CCCCCNC(N)=O. The Morgan fingerprint density at radius 1 is 1.43 bits per heavy atom. The summed E-state index contributed by atoms with van der Waals surface area (Å²) in [6.07, 6.45) is 4.21. The van der Waals surface area contributed by atoms with Gasteiger partial charge in [0.15, 0.2) is 0 Å². The summed E-state index contributed by atoms with van der Waals surface area (Å²) >= 11 is 1.79. The molecule has 1 aromatic heterocycles. The molecule has 0 fully saturated rings. The minimum Gasteiger partial charge on any atom is -0.352 e. The molecule has 21 heavy (non-hydrogen) atoms. The summed E-state index contributed by atoms with van der Waals surface area (Å²) in [5, 5.41) is 4.67. The predicted octanol–water partition coefficient (Wildman–Crippen LogP) is 2.42. The molecule has 2 heterocycles. The Balaban J connectivity index is 1.71. The van der Waals surface area contributed by atoms with E-state index in [1.807, 2.05) is 4.90 Å². The van der Waals surface area contributed by atoms with E-state index in [9.17, 15) is 9.59 Å². The van der Waals surface area contributed by atoms with Crippen molar-refractivity contribution in [2.45, 2.75) is 45.1 Å². The van der Waals surface area contributed by atoms with Crippen LogP contribution in [-0.4, -0.2) is 29.9 Å². The van der Waals surface area contributed by atoms with Crippen LogP contribution in [0.4, 0.5) is 4.79 Å². The predicted molar refractivity (Wildman–Crippen MR) is 84.2 cm³/mol. The van der Waals surface area contributed by atoms with Gasteiger partial charge in [-0.25, -0.2) is 4.79 Å². The third-order valence-electron chi connectivity index (χ3n) is 3.96. The van der Waals surface area contributed by atoms with Gasteiger partial charge in [-0.2, -0.15) is 0 Å². The minimum absolute atomic E-state index is 0.198. The topological polar surface area (TPSA) is 75.4 Å². The number of carbonyl (C=O) groups excluding carboxylic acids is 2. The summed E-state index contributed by atoms with van der Waals surface area (Å²) in [5.74, 6) is 0.238. The Morgan fingerprint density at radius 3 is 3.00 bits per heavy atom. The molecule has 6 heteroatoms. The van der Waals surface area contributed by atoms with Gasteiger partial charge in [-0.3, -0.25) is 4.79 Å². The molecule has 1 aliphatic rings. The normalized spacial score (nSPS) is 17.4. The fourth-order valence-electron chi connectivity index (χ4n) is 2.78. The molecule has 0 spiro atoms. The van der Waals surface area contributed by atoms with Crippen molar-refractivity contribution in [3.8, 4) is 0 Å². The molecule has 3 amide bonds. The standard InChI is InChI=1S/C15H23N3O2S/c1-11-12-7-10-21-13(12)6-9-18(11)14(19)5-3-2-4-8-17-15(16)20/h7,10-11H,2-6,8-9H2,1H3,(H3,16,17,20)/t11-/m0/s1. The van der Waals surface area contributed by atoms with Gasteiger partial charge in [0, 0.05) is 24.4 Å². The van der Waals surface area contributed by atoms with Crippen molar-refractivity contribution >= 4 is 23.3 Å². The lowest BCUT2D eigenvalue weighted by Crippen LogP contribution is -2.38. The first-order chi connectivity index (χ1) is 10.1. The van der Waals surface area contributed by atoms with E-state index in [0.29, 0.717) is 13.0 Å². The molecule has 1 aromatic rings. The molecule has 1 aliphatic heterocycles. The zero-order valence-electron chi connectivity index (χ0n) is 12.4. The van der Waals surface area contributed by atoms with E-state index in [0.717, 1.165) is 32.2 Å². The van der Waals surface area contributed by atoms with Crippen LogP contribution >= 0.6 is 11.3 Å². The van der Waals surface area contributed by atoms with Gasteiger partial charge in [0.25, 0.3) is 0 Å². The zero-order valence-corrected chi connectivity index (χ0v) is 13.2. The number of hydrogen-bond acceptors (Lipinski definition) is 3. The third kappa shape index (κ3) is 4.20. The van der Waals surface area contributed by atoms with Gasteiger partial charge in [-0.05, 0) is 43.2 Å². The van der Waals surface area contributed by atoms with Crippen molar-refractivity contribution < 1.29 is 9.59 Å². The van der Waals surface area contributed by atoms with E-state index in [4.69, 9.17) is 5.73 Å². The van der Waals surface area contributed by atoms with E-state index in [-0.39, 0.29) is 11.9 Å². The van der Waals surface area contributed by atoms with Crippen LogP contribution in [0, 0.1) is 0 Å². The van der Waals surface area contributed by atoms with Crippen LogP contribution in [0.2, 0.25) is 0 Å². The maximum absolute atomic E-state index is 12.3. The molecular weight excluding hydrogens is 286 g/mol. The summed E-state index contributed by atoms with van der Waals surface area (Å²) in [6.45, 7) is 3.53. The van der Waals surface area contributed by atoms with E-state index < -0.39 is 6.03 Å². The average Bonchev–Trinajstić information content (AvgIpc) is 2.92. The van der Waals surface area contributed by atoms with Crippen molar-refractivity contribution in [1.29, 1.82) is 0 Å². The summed E-state index contributed by atoms with van der Waals surface area (Å²) < 4.78 is 0. The van der Waals surface area contributed by atoms with Crippen LogP contribution in [-0.2, 0) is 11.2 Å². The Bertz CT molecular complexity index is 501. The number of primary amides is 1. The Kier molecular flexibility index (Phi) is 5.61. The van der Waals surface area contributed by atoms with Gasteiger partial charge < -0.3 is 16.0 Å². The fourth-order valence-corrected chi connectivity index (χ4v) is 3.75. The second-order valence-corrected chi connectivity index (χ2v) is 6.41. The van der Waals surface area contributed by atoms with Crippen LogP contribution in [0.3, 0.4) is 0 Å². The van der Waals surface area contributed by atoms with Crippen LogP contribution in [0.25, 0.3) is 0 Å². The molecule has 0 bridgehead atoms. The zero-order chi connectivity index (χ0) is 15.2. The van der Waals surface area contributed by atoms with Crippen LogP contribution < -0.4 is 11.1 Å². The molecule has 2 rings (SSSR count). The first-order valence-electron chi connectivity index (χ1n) is 7.48. The second kappa shape index (κ2) is 7.45. The van der Waals surface area contributed by atoms with Gasteiger partial charge in [-0.15, -0.1) is 11.3 Å². The highest BCUT2D eigenvalue weighted by Gasteiger charge is 2.27. The lowest BCUT2D eigenvalue weighted by atomic mass is 10.0. The average molecular weight is 309 g/mol. The molecule has 3 N–H and O–H groups in total. The highest BCUT2D eigenvalue weighted by Crippen LogP contribution is 2.33. The molecule has 0 saturated carbocycles. The van der Waals surface area contributed by atoms with Gasteiger partial charge in [0.2, 0.25) is 5.91 Å². The summed E-state index contributed by atoms with van der Waals surface area (Å²) in [6, 6.07) is 1.85. The number of urea groups is 1. The van der Waals surface area contributed by atoms with Gasteiger partial charge in [0.1, 0.15) is 0 Å². The van der Waals surface area contributed by atoms with Crippen LogP contribution in [0.5, 0.6) is 0 Å². The fraction of sp³-hybridized carbons (Fsp3) is 0.600. The number of nitrogens with one attached hydrogen (secondary N) is 1. The monoisotopic (exact) mass is 309 g/mol. The number of unbranched alkanes of at least 4 members (excludes halogenated alkanes) is 2. The summed E-state index contributed by atoms with van der Waals surface area (Å²) in [7, 11) is 0. The Morgan fingerprint density at radius 2 is 2.24 bits per heavy atom. The van der Waals surface area contributed by atoms with Gasteiger partial charge in [0.05, 0.1) is 6.04 Å². The number of nitrogens with zero attached hydrogens (tertiary/aromatic N) is 1. The molecule has 0 saturated heterocycles. The highest BCUT2D eigenvalue weighted by molar-refractivity contribution is 7.10. The Hall–Kier alpha value is -1.56. The largest absolute Gasteiger partial charge is 0.352 e. The van der Waals surface area contributed by atoms with Crippen molar-refractivity contribution in [3.63, 3.8) is 0 Å². The molecule has 5 nitrogen and oxygen atoms in total. The molecule has 0 aliphatic carbocycles. The summed E-state index contributed by atoms with van der Waals surface area (Å²) in [5.41, 5.74) is 6.30. The van der Waals surface area contributed by atoms with Crippen LogP contribution in [0.15, 0.2) is 11.4 Å². The maximum Gasteiger partial charge on any atom is 0.312 e. The van der Waals surface area contributed by atoms with Crippen molar-refractivity contribution in [1.82, 2.24) is 10.2 Å². The smallest absolute Gasteiger partial charge is 0.312 e. The molecular formula is C15H23N3O2S. The number of rotatable bonds is 6. The number of amides is 3. The van der Waals surface area contributed by atoms with E-state index >= 15 is 0 Å². The molecule has 1 atom stereocenters. The van der Waals surface area contributed by atoms with E-state index in [2.05, 4.69) is 23.7 Å². The van der Waals surface area contributed by atoms with Crippen molar-refractivity contribution in [3.05, 3.63) is 21.9 Å². The first kappa shape index (κ1) is 15.8. The highest BCUT2D eigenvalue weighted by atomic mass is 32.1. The van der Waals surface area contributed by atoms with Crippen LogP contribution in [0.1, 0.15) is 49.1 Å². The first-order valence-corrected chi connectivity index (χ1v) is 8.36. The number of fused-ring (bicyclic) bond motifs is 1. The number of nitrogens with two attached hydrogens (primary N) is 1. The third-order valence-corrected chi connectivity index (χ3v) is 4.96.